The Bertz CT molecular complexity index is 716. The summed E-state index contributed by atoms with van der Waals surface area (Å²) in [4.78, 5) is 38.8. The number of aromatic amines is 1. The topological polar surface area (TPSA) is 95.4 Å². The molecule has 21 heavy (non-hydrogen) atoms. The van der Waals surface area contributed by atoms with E-state index in [0.29, 0.717) is 17.6 Å². The van der Waals surface area contributed by atoms with Crippen LogP contribution in [0.2, 0.25) is 0 Å². The van der Waals surface area contributed by atoms with E-state index in [4.69, 9.17) is 5.11 Å². The van der Waals surface area contributed by atoms with E-state index in [9.17, 15) is 14.4 Å². The van der Waals surface area contributed by atoms with Crippen LogP contribution >= 0.6 is 0 Å². The Balaban J connectivity index is 2.18. The van der Waals surface area contributed by atoms with Gasteiger partial charge in [-0.05, 0) is 19.1 Å². The van der Waals surface area contributed by atoms with Gasteiger partial charge in [0.25, 0.3) is 0 Å². The van der Waals surface area contributed by atoms with Crippen molar-refractivity contribution in [1.82, 2.24) is 14.5 Å². The molecule has 0 radical (unpaired) electrons. The Hall–Kier alpha value is -2.57. The summed E-state index contributed by atoms with van der Waals surface area (Å²) in [5, 5.41) is 8.68. The standard InChI is InChI=1S/C14H17N3O4/c1-2-16(8-7-13(19)20)12(18)9-17-11-6-4-3-5-10(11)15-14(17)21/h3-6H,2,7-9H2,1H3,(H,15,21)(H,19,20). The van der Waals surface area contributed by atoms with Gasteiger partial charge in [-0.1, -0.05) is 12.1 Å². The summed E-state index contributed by atoms with van der Waals surface area (Å²) in [7, 11) is 0. The Morgan fingerprint density at radius 3 is 2.71 bits per heavy atom. The maximum atomic E-state index is 12.2. The summed E-state index contributed by atoms with van der Waals surface area (Å²) in [6, 6.07) is 7.11. The Kier molecular flexibility index (Phi) is 4.42. The number of hydrogen-bond donors (Lipinski definition) is 2. The zero-order valence-corrected chi connectivity index (χ0v) is 11.7. The van der Waals surface area contributed by atoms with E-state index >= 15 is 0 Å². The first kappa shape index (κ1) is 14.8. The molecule has 0 aliphatic heterocycles. The van der Waals surface area contributed by atoms with Crippen molar-refractivity contribution in [2.24, 2.45) is 0 Å². The van der Waals surface area contributed by atoms with Crippen LogP contribution in [0.1, 0.15) is 13.3 Å². The second kappa shape index (κ2) is 6.25. The summed E-state index contributed by atoms with van der Waals surface area (Å²) in [5.41, 5.74) is 0.979. The molecule has 0 saturated carbocycles. The van der Waals surface area contributed by atoms with Crippen LogP contribution < -0.4 is 5.69 Å². The van der Waals surface area contributed by atoms with Gasteiger partial charge in [0.05, 0.1) is 17.5 Å². The highest BCUT2D eigenvalue weighted by Crippen LogP contribution is 2.09. The van der Waals surface area contributed by atoms with Crippen molar-refractivity contribution in [3.63, 3.8) is 0 Å². The smallest absolute Gasteiger partial charge is 0.326 e. The fraction of sp³-hybridized carbons (Fsp3) is 0.357. The number of likely N-dealkylation sites (N-methyl/N-ethyl adjacent to an activating group) is 1. The number of imidazole rings is 1. The molecule has 0 fully saturated rings. The van der Waals surface area contributed by atoms with Crippen LogP contribution in [-0.2, 0) is 16.1 Å². The molecule has 0 unspecified atom stereocenters. The third kappa shape index (κ3) is 3.31. The van der Waals surface area contributed by atoms with E-state index in [0.717, 1.165) is 0 Å². The minimum Gasteiger partial charge on any atom is -0.481 e. The number of H-pyrrole nitrogens is 1. The minimum absolute atomic E-state index is 0.101. The fourth-order valence-electron chi connectivity index (χ4n) is 2.19. The number of nitrogens with one attached hydrogen (secondary N) is 1. The van der Waals surface area contributed by atoms with Gasteiger partial charge in [0.2, 0.25) is 5.91 Å². The van der Waals surface area contributed by atoms with Crippen LogP contribution in [-0.4, -0.2) is 44.5 Å². The van der Waals surface area contributed by atoms with E-state index in [1.54, 1.807) is 31.2 Å². The van der Waals surface area contributed by atoms with Gasteiger partial charge in [0, 0.05) is 13.1 Å². The second-order valence-corrected chi connectivity index (χ2v) is 4.65. The molecule has 2 rings (SSSR count). The Labute approximate surface area is 120 Å². The van der Waals surface area contributed by atoms with Crippen molar-refractivity contribution < 1.29 is 14.7 Å². The number of carbonyl (C=O) groups is 2. The average molecular weight is 291 g/mol. The fourth-order valence-corrected chi connectivity index (χ4v) is 2.19. The van der Waals surface area contributed by atoms with Crippen molar-refractivity contribution >= 4 is 22.9 Å². The van der Waals surface area contributed by atoms with E-state index in [1.807, 2.05) is 0 Å². The van der Waals surface area contributed by atoms with Crippen molar-refractivity contribution in [1.29, 1.82) is 0 Å². The number of para-hydroxylation sites is 2. The zero-order chi connectivity index (χ0) is 15.4. The largest absolute Gasteiger partial charge is 0.481 e. The van der Waals surface area contributed by atoms with E-state index < -0.39 is 5.97 Å². The molecule has 2 aromatic rings. The van der Waals surface area contributed by atoms with Gasteiger partial charge in [-0.2, -0.15) is 0 Å². The van der Waals surface area contributed by atoms with E-state index in [1.165, 1.54) is 9.47 Å². The number of rotatable bonds is 6. The summed E-state index contributed by atoms with van der Waals surface area (Å²) in [5.74, 6) is -1.23. The number of benzene rings is 1. The van der Waals surface area contributed by atoms with Gasteiger partial charge in [-0.15, -0.1) is 0 Å². The number of aliphatic carboxylic acids is 1. The van der Waals surface area contributed by atoms with Gasteiger partial charge in [0.15, 0.2) is 0 Å². The predicted octanol–water partition coefficient (Wildman–Crippen LogP) is 0.653. The molecular formula is C14H17N3O4. The SMILES string of the molecule is CCN(CCC(=O)O)C(=O)Cn1c(=O)[nH]c2ccccc21. The van der Waals surface area contributed by atoms with Gasteiger partial charge in [0.1, 0.15) is 6.54 Å². The molecule has 7 heteroatoms. The highest BCUT2D eigenvalue weighted by molar-refractivity contribution is 5.80. The molecule has 1 heterocycles. The number of hydrogen-bond acceptors (Lipinski definition) is 3. The lowest BCUT2D eigenvalue weighted by Crippen LogP contribution is -2.37. The van der Waals surface area contributed by atoms with Crippen molar-refractivity contribution in [2.45, 2.75) is 19.9 Å². The molecule has 0 spiro atoms. The van der Waals surface area contributed by atoms with Crippen LogP contribution in [0.4, 0.5) is 0 Å². The lowest BCUT2D eigenvalue weighted by Gasteiger charge is -2.20. The Morgan fingerprint density at radius 1 is 1.33 bits per heavy atom. The van der Waals surface area contributed by atoms with Crippen LogP contribution in [0.25, 0.3) is 11.0 Å². The molecule has 0 atom stereocenters. The summed E-state index contributed by atoms with van der Waals surface area (Å²) >= 11 is 0. The number of carboxylic acids is 1. The van der Waals surface area contributed by atoms with Crippen molar-refractivity contribution in [3.8, 4) is 0 Å². The summed E-state index contributed by atoms with van der Waals surface area (Å²) in [6.07, 6.45) is -0.109. The number of nitrogens with zero attached hydrogens (tertiary/aromatic N) is 2. The molecule has 112 valence electrons. The molecule has 0 bridgehead atoms. The molecule has 1 aromatic carbocycles. The van der Waals surface area contributed by atoms with Gasteiger partial charge < -0.3 is 15.0 Å². The van der Waals surface area contributed by atoms with Crippen molar-refractivity contribution in [3.05, 3.63) is 34.7 Å². The first-order valence-corrected chi connectivity index (χ1v) is 6.70. The van der Waals surface area contributed by atoms with Gasteiger partial charge >= 0.3 is 11.7 Å². The maximum Gasteiger partial charge on any atom is 0.326 e. The van der Waals surface area contributed by atoms with Gasteiger partial charge in [-0.25, -0.2) is 4.79 Å². The van der Waals surface area contributed by atoms with Crippen LogP contribution in [0, 0.1) is 0 Å². The van der Waals surface area contributed by atoms with Crippen LogP contribution in [0.3, 0.4) is 0 Å². The highest BCUT2D eigenvalue weighted by atomic mass is 16.4. The van der Waals surface area contributed by atoms with Crippen LogP contribution in [0.15, 0.2) is 29.1 Å². The number of carboxylic acid groups (broad SMARTS) is 1. The van der Waals surface area contributed by atoms with Crippen LogP contribution in [0.5, 0.6) is 0 Å². The summed E-state index contributed by atoms with van der Waals surface area (Å²) in [6.45, 7) is 2.22. The number of amides is 1. The van der Waals surface area contributed by atoms with Crippen molar-refractivity contribution in [2.75, 3.05) is 13.1 Å². The average Bonchev–Trinajstić information content (AvgIpc) is 2.76. The monoisotopic (exact) mass is 291 g/mol. The van der Waals surface area contributed by atoms with Gasteiger partial charge in [-0.3, -0.25) is 14.2 Å². The third-order valence-electron chi connectivity index (χ3n) is 3.30. The maximum absolute atomic E-state index is 12.2. The summed E-state index contributed by atoms with van der Waals surface area (Å²) < 4.78 is 1.36. The molecule has 7 nitrogen and oxygen atoms in total. The molecular weight excluding hydrogens is 274 g/mol. The normalized spacial score (nSPS) is 10.7. The molecule has 1 aromatic heterocycles. The third-order valence-corrected chi connectivity index (χ3v) is 3.30. The molecule has 1 amide bonds. The first-order chi connectivity index (χ1) is 10.0. The van der Waals surface area contributed by atoms with E-state index in [2.05, 4.69) is 4.98 Å². The predicted molar refractivity (Wildman–Crippen MR) is 77.1 cm³/mol. The number of fused-ring (bicyclic) bond motifs is 1. The highest BCUT2D eigenvalue weighted by Gasteiger charge is 2.16. The first-order valence-electron chi connectivity index (χ1n) is 6.70. The lowest BCUT2D eigenvalue weighted by molar-refractivity contribution is -0.138. The zero-order valence-electron chi connectivity index (χ0n) is 11.7. The lowest BCUT2D eigenvalue weighted by atomic mass is 10.3. The minimum atomic E-state index is -0.953. The number of carbonyl (C=O) groups excluding carboxylic acids is 1. The molecule has 0 saturated heterocycles. The molecule has 2 N–H and O–H groups in total. The van der Waals surface area contributed by atoms with E-state index in [-0.39, 0.29) is 31.1 Å². The quantitative estimate of drug-likeness (QED) is 0.817. The second-order valence-electron chi connectivity index (χ2n) is 4.65. The number of aromatic nitrogens is 2. The molecule has 0 aliphatic carbocycles. The Morgan fingerprint density at radius 2 is 2.05 bits per heavy atom. The molecule has 0 aliphatic rings.